The average molecular weight is 262 g/mol. The Hall–Kier alpha value is -1.77. The molecule has 5 heteroatoms. The van der Waals surface area contributed by atoms with Crippen LogP contribution >= 0.6 is 0 Å². The molecule has 0 unspecified atom stereocenters. The van der Waals surface area contributed by atoms with E-state index in [9.17, 15) is 0 Å². The van der Waals surface area contributed by atoms with Crippen molar-refractivity contribution >= 4 is 5.69 Å². The summed E-state index contributed by atoms with van der Waals surface area (Å²) in [6.45, 7) is 5.04. The largest absolute Gasteiger partial charge is 0.479 e. The van der Waals surface area contributed by atoms with Gasteiger partial charge in [0.05, 0.1) is 19.3 Å². The first kappa shape index (κ1) is 13.7. The van der Waals surface area contributed by atoms with Crippen LogP contribution in [0, 0.1) is 11.3 Å². The summed E-state index contributed by atoms with van der Waals surface area (Å²) in [5.74, 6) is 0.167. The first-order chi connectivity index (χ1) is 9.09. The lowest BCUT2D eigenvalue weighted by Crippen LogP contribution is -2.45. The second-order valence-corrected chi connectivity index (χ2v) is 4.84. The van der Waals surface area contributed by atoms with Gasteiger partial charge in [-0.15, -0.1) is 0 Å². The van der Waals surface area contributed by atoms with E-state index in [4.69, 9.17) is 19.5 Å². The predicted molar refractivity (Wildman–Crippen MR) is 70.9 cm³/mol. The third kappa shape index (κ3) is 4.12. The van der Waals surface area contributed by atoms with Crippen molar-refractivity contribution in [3.8, 4) is 11.8 Å². The Labute approximate surface area is 113 Å². The van der Waals surface area contributed by atoms with E-state index in [-0.39, 0.29) is 12.6 Å². The molecule has 1 fully saturated rings. The third-order valence-electron chi connectivity index (χ3n) is 2.77. The molecule has 102 valence electrons. The highest BCUT2D eigenvalue weighted by atomic mass is 16.7. The molecule has 1 heterocycles. The molecule has 1 saturated heterocycles. The smallest absolute Gasteiger partial charge is 0.174 e. The molecule has 0 aromatic heterocycles. The van der Waals surface area contributed by atoms with Crippen molar-refractivity contribution in [3.05, 3.63) is 24.3 Å². The van der Waals surface area contributed by atoms with Crippen molar-refractivity contribution in [1.82, 2.24) is 0 Å². The zero-order chi connectivity index (χ0) is 13.7. The minimum atomic E-state index is -0.504. The SMILES string of the molecule is CC1(C)OCC(Nc2cccc(OCC#N)c2)CO1. The number of rotatable bonds is 4. The van der Waals surface area contributed by atoms with E-state index in [1.807, 2.05) is 44.2 Å². The molecule has 1 aromatic carbocycles. The minimum absolute atomic E-state index is 0.0489. The van der Waals surface area contributed by atoms with Gasteiger partial charge in [0.1, 0.15) is 11.8 Å². The van der Waals surface area contributed by atoms with E-state index >= 15 is 0 Å². The molecule has 1 aliphatic rings. The quantitative estimate of drug-likeness (QED) is 0.900. The Morgan fingerprint density at radius 1 is 1.42 bits per heavy atom. The van der Waals surface area contributed by atoms with E-state index in [1.165, 1.54) is 0 Å². The van der Waals surface area contributed by atoms with Gasteiger partial charge in [-0.05, 0) is 26.0 Å². The van der Waals surface area contributed by atoms with Crippen LogP contribution in [0.15, 0.2) is 24.3 Å². The molecular formula is C14H18N2O3. The highest BCUT2D eigenvalue weighted by Crippen LogP contribution is 2.22. The summed E-state index contributed by atoms with van der Waals surface area (Å²) < 4.78 is 16.4. The molecule has 0 radical (unpaired) electrons. The lowest BCUT2D eigenvalue weighted by Gasteiger charge is -2.35. The van der Waals surface area contributed by atoms with Crippen molar-refractivity contribution in [3.63, 3.8) is 0 Å². The monoisotopic (exact) mass is 262 g/mol. The molecule has 0 atom stereocenters. The molecule has 1 aromatic rings. The summed E-state index contributed by atoms with van der Waals surface area (Å²) in [6, 6.07) is 9.55. The van der Waals surface area contributed by atoms with E-state index in [2.05, 4.69) is 5.32 Å². The average Bonchev–Trinajstić information content (AvgIpc) is 2.39. The number of hydrogen-bond acceptors (Lipinski definition) is 5. The number of nitrogens with zero attached hydrogens (tertiary/aromatic N) is 1. The Balaban J connectivity index is 1.91. The van der Waals surface area contributed by atoms with Gasteiger partial charge in [0.2, 0.25) is 0 Å². The van der Waals surface area contributed by atoms with Crippen LogP contribution in [-0.2, 0) is 9.47 Å². The number of nitrogens with one attached hydrogen (secondary N) is 1. The molecular weight excluding hydrogens is 244 g/mol. The fraction of sp³-hybridized carbons (Fsp3) is 0.500. The van der Waals surface area contributed by atoms with Gasteiger partial charge in [0, 0.05) is 11.8 Å². The van der Waals surface area contributed by atoms with Crippen LogP contribution in [0.25, 0.3) is 0 Å². The molecule has 19 heavy (non-hydrogen) atoms. The number of anilines is 1. The number of benzene rings is 1. The normalized spacial score (nSPS) is 18.6. The van der Waals surface area contributed by atoms with Crippen LogP contribution in [0.3, 0.4) is 0 Å². The molecule has 2 rings (SSSR count). The first-order valence-electron chi connectivity index (χ1n) is 6.23. The Kier molecular flexibility index (Phi) is 4.25. The van der Waals surface area contributed by atoms with Crippen LogP contribution in [-0.4, -0.2) is 31.6 Å². The van der Waals surface area contributed by atoms with Gasteiger partial charge in [-0.1, -0.05) is 6.07 Å². The Morgan fingerprint density at radius 2 is 2.16 bits per heavy atom. The number of hydrogen-bond donors (Lipinski definition) is 1. The van der Waals surface area contributed by atoms with Crippen molar-refractivity contribution < 1.29 is 14.2 Å². The minimum Gasteiger partial charge on any atom is -0.479 e. The molecule has 1 aliphatic heterocycles. The van der Waals surface area contributed by atoms with Crippen molar-refractivity contribution in [2.24, 2.45) is 0 Å². The first-order valence-corrected chi connectivity index (χ1v) is 6.23. The van der Waals surface area contributed by atoms with Gasteiger partial charge in [-0.3, -0.25) is 0 Å². The molecule has 0 aliphatic carbocycles. The molecule has 0 saturated carbocycles. The zero-order valence-electron chi connectivity index (χ0n) is 11.2. The van der Waals surface area contributed by atoms with Gasteiger partial charge in [-0.25, -0.2) is 0 Å². The zero-order valence-corrected chi connectivity index (χ0v) is 11.2. The summed E-state index contributed by atoms with van der Waals surface area (Å²) in [5, 5.41) is 11.8. The molecule has 5 nitrogen and oxygen atoms in total. The van der Waals surface area contributed by atoms with Crippen LogP contribution in [0.4, 0.5) is 5.69 Å². The van der Waals surface area contributed by atoms with Gasteiger partial charge in [0.25, 0.3) is 0 Å². The van der Waals surface area contributed by atoms with Crippen molar-refractivity contribution in [2.45, 2.75) is 25.7 Å². The second kappa shape index (κ2) is 5.91. The number of nitriles is 1. The van der Waals surface area contributed by atoms with E-state index in [0.717, 1.165) is 5.69 Å². The number of ether oxygens (including phenoxy) is 3. The van der Waals surface area contributed by atoms with E-state index in [1.54, 1.807) is 0 Å². The summed E-state index contributed by atoms with van der Waals surface area (Å²) in [7, 11) is 0. The predicted octanol–water partition coefficient (Wildman–Crippen LogP) is 2.15. The fourth-order valence-corrected chi connectivity index (χ4v) is 1.80. The van der Waals surface area contributed by atoms with Crippen LogP contribution in [0.2, 0.25) is 0 Å². The molecule has 0 amide bonds. The molecule has 1 N–H and O–H groups in total. The van der Waals surface area contributed by atoms with Crippen LogP contribution < -0.4 is 10.1 Å². The maximum absolute atomic E-state index is 8.48. The summed E-state index contributed by atoms with van der Waals surface area (Å²) in [6.07, 6.45) is 0. The highest BCUT2D eigenvalue weighted by Gasteiger charge is 2.28. The molecule has 0 spiro atoms. The van der Waals surface area contributed by atoms with Crippen molar-refractivity contribution in [1.29, 1.82) is 5.26 Å². The maximum Gasteiger partial charge on any atom is 0.174 e. The van der Waals surface area contributed by atoms with Crippen LogP contribution in [0.1, 0.15) is 13.8 Å². The van der Waals surface area contributed by atoms with Gasteiger partial charge >= 0.3 is 0 Å². The Morgan fingerprint density at radius 3 is 2.84 bits per heavy atom. The van der Waals surface area contributed by atoms with Gasteiger partial charge in [-0.2, -0.15) is 5.26 Å². The lowest BCUT2D eigenvalue weighted by atomic mass is 10.2. The maximum atomic E-state index is 8.48. The van der Waals surface area contributed by atoms with Gasteiger partial charge in [0.15, 0.2) is 12.4 Å². The lowest BCUT2D eigenvalue weighted by molar-refractivity contribution is -0.247. The third-order valence-corrected chi connectivity index (χ3v) is 2.77. The topological polar surface area (TPSA) is 63.5 Å². The van der Waals surface area contributed by atoms with E-state index < -0.39 is 5.79 Å². The Bertz CT molecular complexity index is 458. The summed E-state index contributed by atoms with van der Waals surface area (Å²) in [5.41, 5.74) is 0.923. The second-order valence-electron chi connectivity index (χ2n) is 4.84. The van der Waals surface area contributed by atoms with Gasteiger partial charge < -0.3 is 19.5 Å². The summed E-state index contributed by atoms with van der Waals surface area (Å²) >= 11 is 0. The standard InChI is InChI=1S/C14H18N2O3/c1-14(2)18-9-12(10-19-14)16-11-4-3-5-13(8-11)17-7-6-15/h3-5,8,12,16H,7,9-10H2,1-2H3. The molecule has 0 bridgehead atoms. The van der Waals surface area contributed by atoms with Crippen molar-refractivity contribution in [2.75, 3.05) is 25.1 Å². The fourth-order valence-electron chi connectivity index (χ4n) is 1.80. The van der Waals surface area contributed by atoms with Crippen LogP contribution in [0.5, 0.6) is 5.75 Å². The van der Waals surface area contributed by atoms with E-state index in [0.29, 0.717) is 19.0 Å². The highest BCUT2D eigenvalue weighted by molar-refractivity contribution is 5.49. The summed E-state index contributed by atoms with van der Waals surface area (Å²) in [4.78, 5) is 0.